The molecule has 1 aliphatic carbocycles. The van der Waals surface area contributed by atoms with Gasteiger partial charge in [-0.05, 0) is 37.5 Å². The lowest BCUT2D eigenvalue weighted by Crippen LogP contribution is -2.32. The molecule has 1 saturated carbocycles. The molecule has 4 heteroatoms. The van der Waals surface area contributed by atoms with E-state index < -0.39 is 15.7 Å². The Morgan fingerprint density at radius 1 is 1.18 bits per heavy atom. The topological polar surface area (TPSA) is 43.4 Å². The van der Waals surface area contributed by atoms with Crippen LogP contribution in [0.2, 0.25) is 0 Å². The molecule has 1 aliphatic heterocycles. The summed E-state index contributed by atoms with van der Waals surface area (Å²) in [5.41, 5.74) is -0.442. The van der Waals surface area contributed by atoms with E-state index in [-0.39, 0.29) is 17.1 Å². The average molecular weight is 260 g/mol. The molecule has 2 aliphatic rings. The third-order valence-corrected chi connectivity index (χ3v) is 6.80. The van der Waals surface area contributed by atoms with Gasteiger partial charge < -0.3 is 0 Å². The monoisotopic (exact) mass is 260 g/mol. The van der Waals surface area contributed by atoms with Gasteiger partial charge in [0.2, 0.25) is 0 Å². The Hall–Kier alpha value is -0.0900. The highest BCUT2D eigenvalue weighted by molar-refractivity contribution is 7.87. The zero-order chi connectivity index (χ0) is 13.0. The molecular weight excluding hydrogens is 236 g/mol. The van der Waals surface area contributed by atoms with Gasteiger partial charge in [-0.25, -0.2) is 0 Å². The van der Waals surface area contributed by atoms with E-state index in [2.05, 4.69) is 13.8 Å². The van der Waals surface area contributed by atoms with Crippen molar-refractivity contribution in [2.45, 2.75) is 58.3 Å². The smallest absolute Gasteiger partial charge is 0.263 e. The molecule has 4 atom stereocenters. The fourth-order valence-electron chi connectivity index (χ4n) is 3.74. The summed E-state index contributed by atoms with van der Waals surface area (Å²) < 4.78 is 29.6. The van der Waals surface area contributed by atoms with E-state index in [1.807, 2.05) is 20.8 Å². The van der Waals surface area contributed by atoms with Crippen LogP contribution >= 0.6 is 0 Å². The maximum Gasteiger partial charge on any atom is 0.271 e. The molecule has 0 aromatic carbocycles. The summed E-state index contributed by atoms with van der Waals surface area (Å²) in [4.78, 5) is 0. The van der Waals surface area contributed by atoms with Crippen molar-refractivity contribution in [1.82, 2.24) is 0 Å². The van der Waals surface area contributed by atoms with Crippen molar-refractivity contribution in [1.29, 1.82) is 0 Å². The highest BCUT2D eigenvalue weighted by Gasteiger charge is 2.61. The Bertz CT molecular complexity index is 399. The van der Waals surface area contributed by atoms with Crippen LogP contribution in [0.5, 0.6) is 0 Å². The molecule has 3 nitrogen and oxygen atoms in total. The number of fused-ring (bicyclic) bond motifs is 1. The van der Waals surface area contributed by atoms with Crippen LogP contribution in [0.1, 0.15) is 47.5 Å². The highest BCUT2D eigenvalue weighted by atomic mass is 32.2. The molecule has 100 valence electrons. The summed E-state index contributed by atoms with van der Waals surface area (Å²) in [6.07, 6.45) is 1.88. The van der Waals surface area contributed by atoms with Crippen molar-refractivity contribution in [3.8, 4) is 0 Å². The Labute approximate surface area is 105 Å². The minimum Gasteiger partial charge on any atom is -0.263 e. The predicted molar refractivity (Wildman–Crippen MR) is 68.1 cm³/mol. The van der Waals surface area contributed by atoms with Crippen LogP contribution in [0.3, 0.4) is 0 Å². The van der Waals surface area contributed by atoms with E-state index in [4.69, 9.17) is 4.18 Å². The summed E-state index contributed by atoms with van der Waals surface area (Å²) in [5.74, 6) is 1.52. The molecule has 0 bridgehead atoms. The van der Waals surface area contributed by atoms with Gasteiger partial charge in [0, 0.05) is 5.92 Å². The first kappa shape index (κ1) is 13.3. The van der Waals surface area contributed by atoms with E-state index in [0.717, 1.165) is 12.8 Å². The molecule has 0 amide bonds. The second-order valence-corrected chi connectivity index (χ2v) is 8.34. The van der Waals surface area contributed by atoms with Gasteiger partial charge in [-0.1, -0.05) is 27.7 Å². The summed E-state index contributed by atoms with van der Waals surface area (Å²) in [5, 5.41) is -0.309. The van der Waals surface area contributed by atoms with Gasteiger partial charge in [0.15, 0.2) is 0 Å². The van der Waals surface area contributed by atoms with E-state index in [9.17, 15) is 8.42 Å². The third kappa shape index (κ3) is 2.03. The minimum absolute atomic E-state index is 0.137. The molecule has 0 N–H and O–H groups in total. The highest BCUT2D eigenvalue weighted by Crippen LogP contribution is 2.54. The molecule has 17 heavy (non-hydrogen) atoms. The standard InChI is InChI=1S/C13H24O3S/c1-8(2)10-6-11-12(9(3)4)17(14,15)16-13(11,5)7-10/h8-12H,6-7H2,1-5H3. The zero-order valence-electron chi connectivity index (χ0n) is 11.4. The van der Waals surface area contributed by atoms with Crippen molar-refractivity contribution in [2.75, 3.05) is 0 Å². The summed E-state index contributed by atoms with van der Waals surface area (Å²) >= 11 is 0. The van der Waals surface area contributed by atoms with E-state index in [1.165, 1.54) is 0 Å². The number of rotatable bonds is 2. The fourth-order valence-corrected chi connectivity index (χ4v) is 6.04. The summed E-state index contributed by atoms with van der Waals surface area (Å²) in [6.45, 7) is 10.4. The van der Waals surface area contributed by atoms with Gasteiger partial charge in [-0.15, -0.1) is 0 Å². The van der Waals surface area contributed by atoms with Crippen molar-refractivity contribution in [3.63, 3.8) is 0 Å². The first-order valence-corrected chi connectivity index (χ1v) is 8.09. The first-order valence-electron chi connectivity index (χ1n) is 6.62. The van der Waals surface area contributed by atoms with Crippen molar-refractivity contribution < 1.29 is 12.6 Å². The predicted octanol–water partition coefficient (Wildman–Crippen LogP) is 2.81. The largest absolute Gasteiger partial charge is 0.271 e. The van der Waals surface area contributed by atoms with Gasteiger partial charge in [0.05, 0.1) is 10.9 Å². The van der Waals surface area contributed by atoms with Crippen molar-refractivity contribution >= 4 is 10.1 Å². The van der Waals surface area contributed by atoms with Crippen LogP contribution in [0.15, 0.2) is 0 Å². The van der Waals surface area contributed by atoms with E-state index >= 15 is 0 Å². The zero-order valence-corrected chi connectivity index (χ0v) is 12.3. The quantitative estimate of drug-likeness (QED) is 0.717. The van der Waals surface area contributed by atoms with Crippen molar-refractivity contribution in [3.05, 3.63) is 0 Å². The molecule has 2 fully saturated rings. The molecule has 0 aromatic heterocycles. The molecule has 2 rings (SSSR count). The van der Waals surface area contributed by atoms with Crippen LogP contribution in [0.4, 0.5) is 0 Å². The van der Waals surface area contributed by atoms with Gasteiger partial charge >= 0.3 is 0 Å². The van der Waals surface area contributed by atoms with Crippen LogP contribution < -0.4 is 0 Å². The normalized spacial score (nSPS) is 44.5. The molecule has 0 aromatic rings. The molecule has 0 spiro atoms. The third-order valence-electron chi connectivity index (χ3n) is 4.64. The van der Waals surface area contributed by atoms with Crippen LogP contribution in [-0.4, -0.2) is 19.3 Å². The van der Waals surface area contributed by atoms with Crippen LogP contribution in [-0.2, 0) is 14.3 Å². The summed E-state index contributed by atoms with van der Waals surface area (Å²) in [7, 11) is -3.35. The van der Waals surface area contributed by atoms with E-state index in [0.29, 0.717) is 11.8 Å². The Morgan fingerprint density at radius 3 is 2.24 bits per heavy atom. The fraction of sp³-hybridized carbons (Fsp3) is 1.00. The molecular formula is C13H24O3S. The lowest BCUT2D eigenvalue weighted by molar-refractivity contribution is 0.0833. The summed E-state index contributed by atoms with van der Waals surface area (Å²) in [6, 6.07) is 0. The van der Waals surface area contributed by atoms with Gasteiger partial charge in [0.25, 0.3) is 10.1 Å². The Morgan fingerprint density at radius 2 is 1.76 bits per heavy atom. The lowest BCUT2D eigenvalue weighted by atomic mass is 9.85. The first-order chi connectivity index (χ1) is 7.67. The maximum atomic E-state index is 12.1. The molecule has 0 radical (unpaired) electrons. The van der Waals surface area contributed by atoms with E-state index in [1.54, 1.807) is 0 Å². The molecule has 1 saturated heterocycles. The van der Waals surface area contributed by atoms with Gasteiger partial charge in [-0.2, -0.15) is 8.42 Å². The van der Waals surface area contributed by atoms with Crippen LogP contribution in [0.25, 0.3) is 0 Å². The maximum absolute atomic E-state index is 12.1. The number of hydrogen-bond donors (Lipinski definition) is 0. The average Bonchev–Trinajstić information content (AvgIpc) is 2.49. The SMILES string of the molecule is CC(C)C1CC2C(C(C)C)S(=O)(=O)OC2(C)C1. The molecule has 4 unspecified atom stereocenters. The second kappa shape index (κ2) is 3.95. The Kier molecular flexibility index (Phi) is 3.10. The molecule has 1 heterocycles. The second-order valence-electron chi connectivity index (χ2n) is 6.65. The Balaban J connectivity index is 2.32. The number of hydrogen-bond acceptors (Lipinski definition) is 3. The van der Waals surface area contributed by atoms with Crippen LogP contribution in [0, 0.1) is 23.7 Å². The van der Waals surface area contributed by atoms with Crippen molar-refractivity contribution in [2.24, 2.45) is 23.7 Å². The lowest BCUT2D eigenvalue weighted by Gasteiger charge is -2.23. The minimum atomic E-state index is -3.35. The van der Waals surface area contributed by atoms with Gasteiger partial charge in [-0.3, -0.25) is 4.18 Å². The van der Waals surface area contributed by atoms with Gasteiger partial charge in [0.1, 0.15) is 0 Å².